The Hall–Kier alpha value is -2.36. The molecule has 1 aliphatic heterocycles. The Balaban J connectivity index is 1.74. The zero-order valence-electron chi connectivity index (χ0n) is 14.0. The molecule has 1 saturated heterocycles. The monoisotopic (exact) mass is 380 g/mol. The van der Waals surface area contributed by atoms with Crippen molar-refractivity contribution in [3.63, 3.8) is 0 Å². The number of rotatable bonds is 8. The average Bonchev–Trinajstić information content (AvgIpc) is 3.31. The van der Waals surface area contributed by atoms with Gasteiger partial charge in [0.2, 0.25) is 10.0 Å². The molecule has 2 aromatic rings. The van der Waals surface area contributed by atoms with Crippen LogP contribution < -0.4 is 10.0 Å². The molecule has 26 heavy (non-hydrogen) atoms. The molecule has 1 atom stereocenters. The first-order valence-electron chi connectivity index (χ1n) is 8.20. The number of nitrogens with one attached hydrogen (secondary N) is 2. The van der Waals surface area contributed by atoms with Gasteiger partial charge in [0.25, 0.3) is 0 Å². The molecule has 0 amide bonds. The third-order valence-electron chi connectivity index (χ3n) is 4.09. The Labute approximate surface area is 151 Å². The number of anilines is 1. The van der Waals surface area contributed by atoms with E-state index in [9.17, 15) is 18.3 Å². The molecule has 1 aromatic heterocycles. The molecule has 8 nitrogen and oxygen atoms in total. The predicted octanol–water partition coefficient (Wildman–Crippen LogP) is 2.05. The van der Waals surface area contributed by atoms with Crippen molar-refractivity contribution in [1.82, 2.24) is 4.72 Å². The summed E-state index contributed by atoms with van der Waals surface area (Å²) in [7, 11) is -3.87. The molecule has 3 rings (SSSR count). The fourth-order valence-electron chi connectivity index (χ4n) is 2.71. The molecule has 0 saturated carbocycles. The SMILES string of the molecule is O=C(O)c1cc(S(=O)(=O)NCc2ccco2)ccc1NC[C@H]1CCCO1. The van der Waals surface area contributed by atoms with Crippen molar-refractivity contribution in [2.24, 2.45) is 0 Å². The number of carboxylic acids is 1. The van der Waals surface area contributed by atoms with Crippen LogP contribution in [0, 0.1) is 0 Å². The van der Waals surface area contributed by atoms with E-state index in [4.69, 9.17) is 9.15 Å². The van der Waals surface area contributed by atoms with E-state index in [1.165, 1.54) is 18.4 Å². The van der Waals surface area contributed by atoms with Gasteiger partial charge in [-0.2, -0.15) is 0 Å². The lowest BCUT2D eigenvalue weighted by molar-refractivity contribution is 0.0697. The third-order valence-corrected chi connectivity index (χ3v) is 5.49. The maximum atomic E-state index is 12.4. The van der Waals surface area contributed by atoms with E-state index in [0.717, 1.165) is 18.9 Å². The van der Waals surface area contributed by atoms with Crippen LogP contribution in [0.25, 0.3) is 0 Å². The number of aromatic carboxylic acids is 1. The van der Waals surface area contributed by atoms with Gasteiger partial charge >= 0.3 is 5.97 Å². The summed E-state index contributed by atoms with van der Waals surface area (Å²) in [5.74, 6) is -0.746. The fraction of sp³-hybridized carbons (Fsp3) is 0.353. The van der Waals surface area contributed by atoms with Gasteiger partial charge in [0.05, 0.1) is 29.4 Å². The summed E-state index contributed by atoms with van der Waals surface area (Å²) in [5.41, 5.74) is 0.252. The Bertz CT molecular complexity index is 857. The second-order valence-electron chi connectivity index (χ2n) is 5.93. The van der Waals surface area contributed by atoms with Crippen molar-refractivity contribution in [1.29, 1.82) is 0 Å². The summed E-state index contributed by atoms with van der Waals surface area (Å²) < 4.78 is 37.8. The molecule has 1 aromatic carbocycles. The van der Waals surface area contributed by atoms with E-state index >= 15 is 0 Å². The molecule has 0 unspecified atom stereocenters. The number of carbonyl (C=O) groups is 1. The molecule has 140 valence electrons. The molecule has 9 heteroatoms. The van der Waals surface area contributed by atoms with Crippen molar-refractivity contribution >= 4 is 21.7 Å². The van der Waals surface area contributed by atoms with Crippen LogP contribution in [0.4, 0.5) is 5.69 Å². The lowest BCUT2D eigenvalue weighted by Crippen LogP contribution is -2.24. The van der Waals surface area contributed by atoms with Gasteiger partial charge in [-0.15, -0.1) is 0 Å². The molecule has 1 aliphatic rings. The van der Waals surface area contributed by atoms with Crippen LogP contribution in [0.5, 0.6) is 0 Å². The summed E-state index contributed by atoms with van der Waals surface area (Å²) in [6, 6.07) is 7.27. The largest absolute Gasteiger partial charge is 0.478 e. The highest BCUT2D eigenvalue weighted by molar-refractivity contribution is 7.89. The van der Waals surface area contributed by atoms with E-state index in [2.05, 4.69) is 10.0 Å². The first-order chi connectivity index (χ1) is 12.5. The zero-order chi connectivity index (χ0) is 18.6. The molecule has 3 N–H and O–H groups in total. The lowest BCUT2D eigenvalue weighted by Gasteiger charge is -2.15. The normalized spacial score (nSPS) is 17.3. The van der Waals surface area contributed by atoms with Crippen LogP contribution in [0.15, 0.2) is 45.9 Å². The summed E-state index contributed by atoms with van der Waals surface area (Å²) >= 11 is 0. The minimum absolute atomic E-state index is 0.0171. The first-order valence-corrected chi connectivity index (χ1v) is 9.69. The number of hydrogen-bond acceptors (Lipinski definition) is 6. The van der Waals surface area contributed by atoms with Crippen LogP contribution in [-0.4, -0.2) is 38.7 Å². The number of furan rings is 1. The van der Waals surface area contributed by atoms with E-state index < -0.39 is 16.0 Å². The summed E-state index contributed by atoms with van der Waals surface area (Å²) in [6.07, 6.45) is 3.38. The van der Waals surface area contributed by atoms with Crippen LogP contribution >= 0.6 is 0 Å². The standard InChI is InChI=1S/C17H20N2O6S/c20-17(21)15-9-14(26(22,23)19-11-13-4-2-8-25-13)5-6-16(15)18-10-12-3-1-7-24-12/h2,4-6,8-9,12,18-19H,1,3,7,10-11H2,(H,20,21)/t12-/m1/s1. The molecule has 1 fully saturated rings. The summed E-state index contributed by atoms with van der Waals surface area (Å²) in [6.45, 7) is 1.16. The molecular formula is C17H20N2O6S. The second-order valence-corrected chi connectivity index (χ2v) is 7.70. The Morgan fingerprint density at radius 2 is 2.15 bits per heavy atom. The molecule has 0 bridgehead atoms. The number of hydrogen-bond donors (Lipinski definition) is 3. The van der Waals surface area contributed by atoms with E-state index in [0.29, 0.717) is 24.6 Å². The number of benzene rings is 1. The number of sulfonamides is 1. The van der Waals surface area contributed by atoms with Crippen LogP contribution in [-0.2, 0) is 21.3 Å². The highest BCUT2D eigenvalue weighted by Gasteiger charge is 2.21. The maximum absolute atomic E-state index is 12.4. The smallest absolute Gasteiger partial charge is 0.337 e. The van der Waals surface area contributed by atoms with Crippen molar-refractivity contribution in [3.05, 3.63) is 47.9 Å². The minimum Gasteiger partial charge on any atom is -0.478 e. The molecule has 2 heterocycles. The van der Waals surface area contributed by atoms with Gasteiger partial charge in [-0.25, -0.2) is 17.9 Å². The van der Waals surface area contributed by atoms with E-state index in [1.54, 1.807) is 12.1 Å². The molecule has 0 aliphatic carbocycles. The number of ether oxygens (including phenoxy) is 1. The zero-order valence-corrected chi connectivity index (χ0v) is 14.8. The van der Waals surface area contributed by atoms with Gasteiger partial charge in [-0.05, 0) is 43.2 Å². The average molecular weight is 380 g/mol. The van der Waals surface area contributed by atoms with Crippen molar-refractivity contribution in [3.8, 4) is 0 Å². The molecule has 0 radical (unpaired) electrons. The second kappa shape index (κ2) is 7.90. The first kappa shape index (κ1) is 18.4. The van der Waals surface area contributed by atoms with E-state index in [-0.39, 0.29) is 23.1 Å². The van der Waals surface area contributed by atoms with Gasteiger partial charge < -0.3 is 19.6 Å². The maximum Gasteiger partial charge on any atom is 0.337 e. The van der Waals surface area contributed by atoms with Gasteiger partial charge in [0.15, 0.2) is 0 Å². The Morgan fingerprint density at radius 3 is 2.81 bits per heavy atom. The fourth-order valence-corrected chi connectivity index (χ4v) is 3.73. The van der Waals surface area contributed by atoms with Gasteiger partial charge in [-0.3, -0.25) is 0 Å². The van der Waals surface area contributed by atoms with Crippen molar-refractivity contribution in [2.75, 3.05) is 18.5 Å². The Kier molecular flexibility index (Phi) is 5.60. The van der Waals surface area contributed by atoms with Gasteiger partial charge in [-0.1, -0.05) is 0 Å². The summed E-state index contributed by atoms with van der Waals surface area (Å²) in [4.78, 5) is 11.4. The Morgan fingerprint density at radius 1 is 1.31 bits per heavy atom. The summed E-state index contributed by atoms with van der Waals surface area (Å²) in [5, 5.41) is 12.5. The highest BCUT2D eigenvalue weighted by atomic mass is 32.2. The lowest BCUT2D eigenvalue weighted by atomic mass is 10.1. The predicted molar refractivity (Wildman–Crippen MR) is 93.6 cm³/mol. The van der Waals surface area contributed by atoms with Crippen LogP contribution in [0.1, 0.15) is 29.0 Å². The number of carboxylic acid groups (broad SMARTS) is 1. The van der Waals surface area contributed by atoms with Crippen LogP contribution in [0.3, 0.4) is 0 Å². The van der Waals surface area contributed by atoms with E-state index in [1.807, 2.05) is 0 Å². The van der Waals surface area contributed by atoms with Gasteiger partial charge in [0.1, 0.15) is 5.76 Å². The van der Waals surface area contributed by atoms with Crippen LogP contribution in [0.2, 0.25) is 0 Å². The minimum atomic E-state index is -3.87. The third kappa shape index (κ3) is 4.43. The highest BCUT2D eigenvalue weighted by Crippen LogP contribution is 2.22. The topological polar surface area (TPSA) is 118 Å². The van der Waals surface area contributed by atoms with Crippen molar-refractivity contribution < 1.29 is 27.5 Å². The van der Waals surface area contributed by atoms with Crippen molar-refractivity contribution in [2.45, 2.75) is 30.4 Å². The van der Waals surface area contributed by atoms with Gasteiger partial charge in [0, 0.05) is 18.8 Å². The quantitative estimate of drug-likeness (QED) is 0.641. The molecular weight excluding hydrogens is 360 g/mol. The molecule has 0 spiro atoms.